The first-order chi connectivity index (χ1) is 8.36. The molecule has 0 aliphatic heterocycles. The van der Waals surface area contributed by atoms with Crippen LogP contribution in [0.25, 0.3) is 0 Å². The summed E-state index contributed by atoms with van der Waals surface area (Å²) in [6.07, 6.45) is 0. The summed E-state index contributed by atoms with van der Waals surface area (Å²) in [5.41, 5.74) is 11.5. The van der Waals surface area contributed by atoms with Gasteiger partial charge in [-0.15, -0.1) is 0 Å². The molecule has 6 nitrogen and oxygen atoms in total. The fourth-order valence-electron chi connectivity index (χ4n) is 1.42. The van der Waals surface area contributed by atoms with Gasteiger partial charge in [-0.1, -0.05) is 19.1 Å². The highest BCUT2D eigenvalue weighted by Crippen LogP contribution is 2.15. The maximum atomic E-state index is 11.6. The van der Waals surface area contributed by atoms with E-state index in [2.05, 4.69) is 5.32 Å². The van der Waals surface area contributed by atoms with Crippen molar-refractivity contribution in [1.29, 1.82) is 0 Å². The van der Waals surface area contributed by atoms with E-state index in [1.165, 1.54) is 12.1 Å². The van der Waals surface area contributed by atoms with Crippen LogP contribution in [0.1, 0.15) is 18.5 Å². The van der Waals surface area contributed by atoms with Crippen molar-refractivity contribution in [3.8, 4) is 0 Å². The van der Waals surface area contributed by atoms with Crippen LogP contribution in [0, 0.1) is 0 Å². The average molecular weight is 271 g/mol. The minimum Gasteiger partial charge on any atom is -0.352 e. The van der Waals surface area contributed by atoms with Crippen LogP contribution >= 0.6 is 0 Å². The number of benzene rings is 1. The minimum atomic E-state index is -3.20. The van der Waals surface area contributed by atoms with Gasteiger partial charge in [-0.25, -0.2) is 13.2 Å². The van der Waals surface area contributed by atoms with Crippen LogP contribution in [0.5, 0.6) is 0 Å². The highest BCUT2D eigenvalue weighted by Gasteiger charge is 2.12. The van der Waals surface area contributed by atoms with Gasteiger partial charge in [-0.2, -0.15) is 0 Å². The molecule has 0 fully saturated rings. The zero-order valence-electron chi connectivity index (χ0n) is 10.1. The number of rotatable bonds is 5. The van der Waals surface area contributed by atoms with E-state index in [9.17, 15) is 13.2 Å². The van der Waals surface area contributed by atoms with Gasteiger partial charge in [0.1, 0.15) is 0 Å². The molecule has 1 atom stereocenters. The molecule has 0 saturated carbocycles. The van der Waals surface area contributed by atoms with E-state index >= 15 is 0 Å². The molecule has 0 saturated heterocycles. The molecule has 0 aromatic heterocycles. The van der Waals surface area contributed by atoms with Crippen molar-refractivity contribution in [3.05, 3.63) is 29.8 Å². The lowest BCUT2D eigenvalue weighted by Gasteiger charge is -2.12. The summed E-state index contributed by atoms with van der Waals surface area (Å²) in [7, 11) is -3.20. The Labute approximate surface area is 106 Å². The van der Waals surface area contributed by atoms with Crippen molar-refractivity contribution in [3.63, 3.8) is 0 Å². The maximum Gasteiger partial charge on any atom is 0.312 e. The fraction of sp³-hybridized carbons (Fsp3) is 0.364. The maximum absolute atomic E-state index is 11.6. The second-order valence-corrected chi connectivity index (χ2v) is 6.10. The first-order valence-corrected chi connectivity index (χ1v) is 7.13. The van der Waals surface area contributed by atoms with Crippen molar-refractivity contribution in [1.82, 2.24) is 5.32 Å². The van der Waals surface area contributed by atoms with Gasteiger partial charge in [0.25, 0.3) is 0 Å². The van der Waals surface area contributed by atoms with Crippen molar-refractivity contribution in [2.45, 2.75) is 17.9 Å². The van der Waals surface area contributed by atoms with Gasteiger partial charge >= 0.3 is 6.03 Å². The molecule has 0 radical (unpaired) electrons. The molecule has 0 aliphatic rings. The van der Waals surface area contributed by atoms with Crippen LogP contribution in [0.2, 0.25) is 0 Å². The smallest absolute Gasteiger partial charge is 0.312 e. The molecule has 0 bridgehead atoms. The van der Waals surface area contributed by atoms with Gasteiger partial charge in [0, 0.05) is 12.6 Å². The summed E-state index contributed by atoms with van der Waals surface area (Å²) in [6.45, 7) is 1.79. The Morgan fingerprint density at radius 2 is 1.89 bits per heavy atom. The third kappa shape index (κ3) is 3.71. The number of carbonyl (C=O) groups excluding carboxylic acids is 1. The van der Waals surface area contributed by atoms with Crippen molar-refractivity contribution in [2.75, 3.05) is 12.3 Å². The number of carbonyl (C=O) groups is 1. The molecule has 0 unspecified atom stereocenters. The quantitative estimate of drug-likeness (QED) is 0.706. The normalized spacial score (nSPS) is 13.0. The SMILES string of the molecule is CCS(=O)(=O)c1ccc([C@@H](N)CNC(N)=O)cc1. The van der Waals surface area contributed by atoms with Gasteiger partial charge in [-0.05, 0) is 17.7 Å². The summed E-state index contributed by atoms with van der Waals surface area (Å²) in [6, 6.07) is 5.23. The molecule has 100 valence electrons. The fourth-order valence-corrected chi connectivity index (χ4v) is 2.30. The molecular formula is C11H17N3O3S. The van der Waals surface area contributed by atoms with Crippen LogP contribution in [0.3, 0.4) is 0 Å². The Bertz CT molecular complexity index is 511. The monoisotopic (exact) mass is 271 g/mol. The Hall–Kier alpha value is -1.60. The molecule has 1 aromatic carbocycles. The molecule has 0 heterocycles. The Kier molecular flexibility index (Phi) is 4.69. The molecular weight excluding hydrogens is 254 g/mol. The molecule has 18 heavy (non-hydrogen) atoms. The number of nitrogens with one attached hydrogen (secondary N) is 1. The third-order valence-electron chi connectivity index (χ3n) is 2.54. The van der Waals surface area contributed by atoms with E-state index in [0.29, 0.717) is 0 Å². The summed E-state index contributed by atoms with van der Waals surface area (Å²) in [5.74, 6) is 0.0572. The van der Waals surface area contributed by atoms with Gasteiger partial charge in [-0.3, -0.25) is 0 Å². The van der Waals surface area contributed by atoms with Crippen LogP contribution < -0.4 is 16.8 Å². The summed E-state index contributed by atoms with van der Waals surface area (Å²) in [5, 5.41) is 2.40. The number of hydrogen-bond donors (Lipinski definition) is 3. The van der Waals surface area contributed by atoms with Crippen molar-refractivity contribution in [2.24, 2.45) is 11.5 Å². The van der Waals surface area contributed by atoms with E-state index in [0.717, 1.165) is 5.56 Å². The van der Waals surface area contributed by atoms with Crippen molar-refractivity contribution >= 4 is 15.9 Å². The molecule has 2 amide bonds. The second kappa shape index (κ2) is 5.83. The van der Waals surface area contributed by atoms with Gasteiger partial charge in [0.15, 0.2) is 9.84 Å². The summed E-state index contributed by atoms with van der Waals surface area (Å²) in [4.78, 5) is 10.8. The minimum absolute atomic E-state index is 0.0572. The standard InChI is InChI=1S/C11H17N3O3S/c1-2-18(16,17)9-5-3-8(4-6-9)10(12)7-14-11(13)15/h3-6,10H,2,7,12H2,1H3,(H3,13,14,15)/t10-/m0/s1. The van der Waals surface area contributed by atoms with E-state index in [1.807, 2.05) is 0 Å². The molecule has 5 N–H and O–H groups in total. The number of sulfone groups is 1. The lowest BCUT2D eigenvalue weighted by Crippen LogP contribution is -2.35. The molecule has 7 heteroatoms. The lowest BCUT2D eigenvalue weighted by molar-refractivity contribution is 0.248. The van der Waals surface area contributed by atoms with Gasteiger partial charge in [0.05, 0.1) is 10.6 Å². The van der Waals surface area contributed by atoms with E-state index in [4.69, 9.17) is 11.5 Å². The van der Waals surface area contributed by atoms with E-state index < -0.39 is 21.9 Å². The number of nitrogens with two attached hydrogens (primary N) is 2. The number of primary amides is 1. The summed E-state index contributed by atoms with van der Waals surface area (Å²) >= 11 is 0. The first kappa shape index (κ1) is 14.5. The zero-order chi connectivity index (χ0) is 13.8. The van der Waals surface area contributed by atoms with Crippen LogP contribution in [-0.2, 0) is 9.84 Å². The zero-order valence-corrected chi connectivity index (χ0v) is 10.9. The molecule has 1 aromatic rings. The molecule has 1 rings (SSSR count). The number of hydrogen-bond acceptors (Lipinski definition) is 4. The van der Waals surface area contributed by atoms with E-state index in [1.54, 1.807) is 19.1 Å². The highest BCUT2D eigenvalue weighted by atomic mass is 32.2. The van der Waals surface area contributed by atoms with Gasteiger partial charge < -0.3 is 16.8 Å². The Morgan fingerprint density at radius 1 is 1.33 bits per heavy atom. The topological polar surface area (TPSA) is 115 Å². The van der Waals surface area contributed by atoms with Crippen LogP contribution in [0.15, 0.2) is 29.2 Å². The largest absolute Gasteiger partial charge is 0.352 e. The molecule has 0 spiro atoms. The molecule has 0 aliphatic carbocycles. The second-order valence-electron chi connectivity index (χ2n) is 3.82. The van der Waals surface area contributed by atoms with Crippen LogP contribution in [-0.4, -0.2) is 26.7 Å². The predicted molar refractivity (Wildman–Crippen MR) is 68.7 cm³/mol. The average Bonchev–Trinajstić information content (AvgIpc) is 2.36. The Morgan fingerprint density at radius 3 is 2.33 bits per heavy atom. The highest BCUT2D eigenvalue weighted by molar-refractivity contribution is 7.91. The van der Waals surface area contributed by atoms with Gasteiger partial charge in [0.2, 0.25) is 0 Å². The first-order valence-electron chi connectivity index (χ1n) is 5.48. The van der Waals surface area contributed by atoms with E-state index in [-0.39, 0.29) is 17.2 Å². The third-order valence-corrected chi connectivity index (χ3v) is 4.29. The number of amides is 2. The van der Waals surface area contributed by atoms with Crippen molar-refractivity contribution < 1.29 is 13.2 Å². The summed E-state index contributed by atoms with van der Waals surface area (Å²) < 4.78 is 23.2. The Balaban J connectivity index is 2.80. The number of urea groups is 1. The van der Waals surface area contributed by atoms with Crippen LogP contribution in [0.4, 0.5) is 4.79 Å². The predicted octanol–water partition coefficient (Wildman–Crippen LogP) is 0.148. The lowest BCUT2D eigenvalue weighted by atomic mass is 10.1.